The number of nitrogens with zero attached hydrogens (tertiary/aromatic N) is 1. The minimum absolute atomic E-state index is 0.257. The van der Waals surface area contributed by atoms with Gasteiger partial charge in [0.2, 0.25) is 0 Å². The van der Waals surface area contributed by atoms with E-state index in [-0.39, 0.29) is 5.54 Å². The molecule has 2 nitrogen and oxygen atoms in total. The lowest BCUT2D eigenvalue weighted by Crippen LogP contribution is -2.50. The molecule has 1 atom stereocenters. The van der Waals surface area contributed by atoms with Crippen molar-refractivity contribution in [1.29, 1.82) is 0 Å². The van der Waals surface area contributed by atoms with Gasteiger partial charge in [-0.3, -0.25) is 4.90 Å². The van der Waals surface area contributed by atoms with Crippen LogP contribution in [0.4, 0.5) is 0 Å². The van der Waals surface area contributed by atoms with Crippen molar-refractivity contribution in [3.63, 3.8) is 0 Å². The van der Waals surface area contributed by atoms with Crippen LogP contribution < -0.4 is 5.32 Å². The van der Waals surface area contributed by atoms with Gasteiger partial charge in [0.1, 0.15) is 0 Å². The first-order valence-electron chi connectivity index (χ1n) is 7.70. The van der Waals surface area contributed by atoms with E-state index < -0.39 is 0 Å². The molecule has 1 fully saturated rings. The van der Waals surface area contributed by atoms with Crippen molar-refractivity contribution < 1.29 is 0 Å². The summed E-state index contributed by atoms with van der Waals surface area (Å²) in [5.74, 6) is 0. The van der Waals surface area contributed by atoms with Crippen LogP contribution >= 0.6 is 0 Å². The van der Waals surface area contributed by atoms with Gasteiger partial charge in [-0.15, -0.1) is 0 Å². The molecule has 3 rings (SSSR count). The summed E-state index contributed by atoms with van der Waals surface area (Å²) in [6, 6.07) is 9.74. The SMILES string of the molecule is CC1(C)CN(C2CCc3ccccc3C2)CCCN1. The molecule has 19 heavy (non-hydrogen) atoms. The van der Waals surface area contributed by atoms with Crippen molar-refractivity contribution in [2.75, 3.05) is 19.6 Å². The third-order valence-electron chi connectivity index (χ3n) is 4.66. The second-order valence-corrected chi connectivity index (χ2v) is 6.80. The minimum atomic E-state index is 0.257. The van der Waals surface area contributed by atoms with Crippen LogP contribution in [0.25, 0.3) is 0 Å². The smallest absolute Gasteiger partial charge is 0.0252 e. The van der Waals surface area contributed by atoms with E-state index in [1.807, 2.05) is 0 Å². The van der Waals surface area contributed by atoms with E-state index in [0.29, 0.717) is 0 Å². The average molecular weight is 258 g/mol. The molecule has 1 aromatic rings. The molecule has 1 aromatic carbocycles. The lowest BCUT2D eigenvalue weighted by atomic mass is 9.87. The first kappa shape index (κ1) is 13.1. The Bertz CT molecular complexity index is 439. The number of hydrogen-bond acceptors (Lipinski definition) is 2. The predicted octanol–water partition coefficient (Wildman–Crippen LogP) is 2.62. The molecule has 1 heterocycles. The second kappa shape index (κ2) is 5.26. The van der Waals surface area contributed by atoms with Crippen LogP contribution in [0.5, 0.6) is 0 Å². The lowest BCUT2D eigenvalue weighted by molar-refractivity contribution is 0.156. The van der Waals surface area contributed by atoms with E-state index >= 15 is 0 Å². The Kier molecular flexibility index (Phi) is 3.64. The summed E-state index contributed by atoms with van der Waals surface area (Å²) in [6.45, 7) is 8.26. The van der Waals surface area contributed by atoms with Gasteiger partial charge in [0, 0.05) is 18.1 Å². The number of nitrogens with one attached hydrogen (secondary N) is 1. The maximum atomic E-state index is 3.67. The maximum Gasteiger partial charge on any atom is 0.0252 e. The Morgan fingerprint density at radius 2 is 2.00 bits per heavy atom. The Balaban J connectivity index is 1.73. The number of aryl methyl sites for hydroxylation is 1. The highest BCUT2D eigenvalue weighted by Crippen LogP contribution is 2.26. The Hall–Kier alpha value is -0.860. The average Bonchev–Trinajstić information content (AvgIpc) is 2.59. The fraction of sp³-hybridized carbons (Fsp3) is 0.647. The summed E-state index contributed by atoms with van der Waals surface area (Å²) in [7, 11) is 0. The summed E-state index contributed by atoms with van der Waals surface area (Å²) in [6.07, 6.45) is 5.10. The molecule has 1 saturated heterocycles. The van der Waals surface area contributed by atoms with Gasteiger partial charge in [0.15, 0.2) is 0 Å². The third kappa shape index (κ3) is 3.01. The van der Waals surface area contributed by atoms with Gasteiger partial charge in [-0.25, -0.2) is 0 Å². The molecule has 1 aliphatic heterocycles. The summed E-state index contributed by atoms with van der Waals surface area (Å²) in [5.41, 5.74) is 3.41. The zero-order chi connectivity index (χ0) is 13.3. The Labute approximate surface area is 117 Å². The van der Waals surface area contributed by atoms with Crippen LogP contribution in [-0.4, -0.2) is 36.1 Å². The number of benzene rings is 1. The first-order chi connectivity index (χ1) is 9.14. The van der Waals surface area contributed by atoms with Crippen LogP contribution in [0.15, 0.2) is 24.3 Å². The van der Waals surface area contributed by atoms with Crippen LogP contribution in [-0.2, 0) is 12.8 Å². The highest BCUT2D eigenvalue weighted by Gasteiger charge is 2.30. The normalized spacial score (nSPS) is 27.6. The summed E-state index contributed by atoms with van der Waals surface area (Å²) >= 11 is 0. The summed E-state index contributed by atoms with van der Waals surface area (Å²) in [4.78, 5) is 2.73. The van der Waals surface area contributed by atoms with Gasteiger partial charge in [0.25, 0.3) is 0 Å². The highest BCUT2D eigenvalue weighted by atomic mass is 15.2. The number of hydrogen-bond donors (Lipinski definition) is 1. The molecule has 1 aliphatic carbocycles. The van der Waals surface area contributed by atoms with E-state index in [4.69, 9.17) is 0 Å². The zero-order valence-electron chi connectivity index (χ0n) is 12.3. The summed E-state index contributed by atoms with van der Waals surface area (Å²) < 4.78 is 0. The Morgan fingerprint density at radius 3 is 2.84 bits per heavy atom. The van der Waals surface area contributed by atoms with Crippen LogP contribution in [0, 0.1) is 0 Å². The van der Waals surface area contributed by atoms with Crippen molar-refractivity contribution in [3.8, 4) is 0 Å². The maximum absolute atomic E-state index is 3.67. The largest absolute Gasteiger partial charge is 0.310 e. The standard InChI is InChI=1S/C17H26N2/c1-17(2)13-19(11-5-10-18-17)16-9-8-14-6-3-4-7-15(14)12-16/h3-4,6-7,16,18H,5,8-13H2,1-2H3. The zero-order valence-corrected chi connectivity index (χ0v) is 12.3. The molecule has 0 aromatic heterocycles. The quantitative estimate of drug-likeness (QED) is 0.833. The van der Waals surface area contributed by atoms with Gasteiger partial charge in [-0.2, -0.15) is 0 Å². The molecule has 0 saturated carbocycles. The van der Waals surface area contributed by atoms with Crippen molar-refractivity contribution in [2.45, 2.75) is 51.1 Å². The highest BCUT2D eigenvalue weighted by molar-refractivity contribution is 5.30. The second-order valence-electron chi connectivity index (χ2n) is 6.80. The van der Waals surface area contributed by atoms with Gasteiger partial charge >= 0.3 is 0 Å². The lowest BCUT2D eigenvalue weighted by Gasteiger charge is -2.38. The molecule has 104 valence electrons. The van der Waals surface area contributed by atoms with Crippen molar-refractivity contribution in [1.82, 2.24) is 10.2 Å². The van der Waals surface area contributed by atoms with Gasteiger partial charge in [0.05, 0.1) is 0 Å². The van der Waals surface area contributed by atoms with Crippen LogP contribution in [0.2, 0.25) is 0 Å². The molecule has 2 heteroatoms. The third-order valence-corrected chi connectivity index (χ3v) is 4.66. The van der Waals surface area contributed by atoms with Gasteiger partial charge in [-0.1, -0.05) is 24.3 Å². The minimum Gasteiger partial charge on any atom is -0.310 e. The number of fused-ring (bicyclic) bond motifs is 1. The molecule has 2 aliphatic rings. The molecule has 0 spiro atoms. The van der Waals surface area contributed by atoms with E-state index in [0.717, 1.165) is 12.6 Å². The van der Waals surface area contributed by atoms with E-state index in [2.05, 4.69) is 48.3 Å². The van der Waals surface area contributed by atoms with E-state index in [1.165, 1.54) is 38.8 Å². The van der Waals surface area contributed by atoms with E-state index in [9.17, 15) is 0 Å². The number of rotatable bonds is 1. The molecule has 0 bridgehead atoms. The summed E-state index contributed by atoms with van der Waals surface area (Å²) in [5, 5.41) is 3.67. The molecule has 1 N–H and O–H groups in total. The first-order valence-corrected chi connectivity index (χ1v) is 7.70. The van der Waals surface area contributed by atoms with Gasteiger partial charge < -0.3 is 5.32 Å². The fourth-order valence-electron chi connectivity index (χ4n) is 3.65. The molecule has 1 unspecified atom stereocenters. The molecule has 0 radical (unpaired) electrons. The topological polar surface area (TPSA) is 15.3 Å². The monoisotopic (exact) mass is 258 g/mol. The predicted molar refractivity (Wildman–Crippen MR) is 80.5 cm³/mol. The van der Waals surface area contributed by atoms with Crippen molar-refractivity contribution >= 4 is 0 Å². The Morgan fingerprint density at radius 1 is 1.21 bits per heavy atom. The molecular weight excluding hydrogens is 232 g/mol. The van der Waals surface area contributed by atoms with Crippen LogP contribution in [0.1, 0.15) is 37.8 Å². The van der Waals surface area contributed by atoms with E-state index in [1.54, 1.807) is 11.1 Å². The van der Waals surface area contributed by atoms with Crippen LogP contribution in [0.3, 0.4) is 0 Å². The van der Waals surface area contributed by atoms with Crippen molar-refractivity contribution in [3.05, 3.63) is 35.4 Å². The van der Waals surface area contributed by atoms with Gasteiger partial charge in [-0.05, 0) is 63.7 Å². The molecular formula is C17H26N2. The fourth-order valence-corrected chi connectivity index (χ4v) is 3.65. The molecule has 0 amide bonds. The van der Waals surface area contributed by atoms with Crippen molar-refractivity contribution in [2.24, 2.45) is 0 Å².